The fourth-order valence-corrected chi connectivity index (χ4v) is 6.27. The van der Waals surface area contributed by atoms with Crippen LogP contribution in [0.15, 0.2) is 24.3 Å². The molecule has 0 saturated heterocycles. The lowest BCUT2D eigenvalue weighted by Crippen LogP contribution is -2.15. The summed E-state index contributed by atoms with van der Waals surface area (Å²) in [5, 5.41) is 0. The summed E-state index contributed by atoms with van der Waals surface area (Å²) in [6.07, 6.45) is 39.2. The monoisotopic (exact) mass is 643 g/mol. The molecule has 0 aromatic heterocycles. The van der Waals surface area contributed by atoms with Gasteiger partial charge in [0.2, 0.25) is 0 Å². The van der Waals surface area contributed by atoms with Crippen LogP contribution in [0.5, 0.6) is 0 Å². The second-order valence-electron chi connectivity index (χ2n) is 13.7. The Kier molecular flexibility index (Phi) is 30.3. The highest BCUT2D eigenvalue weighted by molar-refractivity contribution is 6.03. The van der Waals surface area contributed by atoms with Gasteiger partial charge in [-0.25, -0.2) is 9.59 Å². The molecular formula is C42H74O4. The fraction of sp³-hybridized carbons (Fsp3) is 0.810. The topological polar surface area (TPSA) is 52.6 Å². The highest BCUT2D eigenvalue weighted by Gasteiger charge is 2.18. The van der Waals surface area contributed by atoms with E-state index in [9.17, 15) is 9.59 Å². The zero-order valence-electron chi connectivity index (χ0n) is 30.6. The van der Waals surface area contributed by atoms with Gasteiger partial charge in [0.25, 0.3) is 0 Å². The molecule has 1 aromatic rings. The van der Waals surface area contributed by atoms with E-state index in [4.69, 9.17) is 9.47 Å². The lowest BCUT2D eigenvalue weighted by atomic mass is 10.0. The van der Waals surface area contributed by atoms with Crippen LogP contribution in [0, 0.1) is 0 Å². The third-order valence-electron chi connectivity index (χ3n) is 9.33. The molecule has 0 saturated carbocycles. The molecule has 0 aliphatic carbocycles. The highest BCUT2D eigenvalue weighted by Crippen LogP contribution is 2.16. The van der Waals surface area contributed by atoms with E-state index in [1.165, 1.54) is 167 Å². The normalized spacial score (nSPS) is 11.2. The maximum atomic E-state index is 12.7. The van der Waals surface area contributed by atoms with Crippen molar-refractivity contribution in [2.24, 2.45) is 0 Å². The van der Waals surface area contributed by atoms with Crippen molar-refractivity contribution in [3.63, 3.8) is 0 Å². The maximum Gasteiger partial charge on any atom is 0.339 e. The fourth-order valence-electron chi connectivity index (χ4n) is 6.27. The van der Waals surface area contributed by atoms with Gasteiger partial charge >= 0.3 is 11.9 Å². The van der Waals surface area contributed by atoms with Crippen molar-refractivity contribution < 1.29 is 19.1 Å². The summed E-state index contributed by atoms with van der Waals surface area (Å²) in [4.78, 5) is 25.4. The van der Waals surface area contributed by atoms with Crippen LogP contribution in [0.3, 0.4) is 0 Å². The molecule has 0 spiro atoms. The molecule has 1 aromatic carbocycles. The van der Waals surface area contributed by atoms with Crippen LogP contribution in [-0.2, 0) is 9.47 Å². The van der Waals surface area contributed by atoms with Gasteiger partial charge in [-0.15, -0.1) is 0 Å². The molecule has 0 aliphatic rings. The van der Waals surface area contributed by atoms with E-state index >= 15 is 0 Å². The van der Waals surface area contributed by atoms with E-state index in [1.807, 2.05) is 0 Å². The number of esters is 2. The van der Waals surface area contributed by atoms with E-state index < -0.39 is 11.9 Å². The Balaban J connectivity index is 2.01. The van der Waals surface area contributed by atoms with Gasteiger partial charge < -0.3 is 9.47 Å². The Hall–Kier alpha value is -1.84. The number of benzene rings is 1. The van der Waals surface area contributed by atoms with Gasteiger partial charge in [-0.05, 0) is 25.0 Å². The SMILES string of the molecule is CCCCCCCCCCCCCCCCCOC(=O)c1ccccc1C(=O)OCCCCCCCCCCCCCCCCC. The smallest absolute Gasteiger partial charge is 0.339 e. The van der Waals surface area contributed by atoms with Gasteiger partial charge in [-0.1, -0.05) is 206 Å². The van der Waals surface area contributed by atoms with Gasteiger partial charge in [-0.3, -0.25) is 0 Å². The van der Waals surface area contributed by atoms with Gasteiger partial charge in [-0.2, -0.15) is 0 Å². The van der Waals surface area contributed by atoms with Crippen molar-refractivity contribution >= 4 is 11.9 Å². The van der Waals surface area contributed by atoms with Crippen LogP contribution < -0.4 is 0 Å². The first-order valence-electron chi connectivity index (χ1n) is 20.1. The van der Waals surface area contributed by atoms with E-state index in [0.717, 1.165) is 25.7 Å². The minimum absolute atomic E-state index is 0.310. The summed E-state index contributed by atoms with van der Waals surface area (Å²) in [5.41, 5.74) is 0.620. The van der Waals surface area contributed by atoms with Crippen LogP contribution in [0.25, 0.3) is 0 Å². The molecule has 0 fully saturated rings. The maximum absolute atomic E-state index is 12.7. The van der Waals surface area contributed by atoms with Crippen LogP contribution in [0.4, 0.5) is 0 Å². The molecule has 46 heavy (non-hydrogen) atoms. The van der Waals surface area contributed by atoms with Crippen LogP contribution in [-0.4, -0.2) is 25.2 Å². The Bertz CT molecular complexity index is 753. The van der Waals surface area contributed by atoms with E-state index in [2.05, 4.69) is 13.8 Å². The van der Waals surface area contributed by atoms with Crippen molar-refractivity contribution in [2.75, 3.05) is 13.2 Å². The van der Waals surface area contributed by atoms with Gasteiger partial charge in [0.15, 0.2) is 0 Å². The first kappa shape index (κ1) is 42.2. The summed E-state index contributed by atoms with van der Waals surface area (Å²) < 4.78 is 11.0. The first-order valence-corrected chi connectivity index (χ1v) is 20.1. The van der Waals surface area contributed by atoms with E-state index in [1.54, 1.807) is 24.3 Å². The lowest BCUT2D eigenvalue weighted by Gasteiger charge is -2.10. The summed E-state index contributed by atoms with van der Waals surface area (Å²) in [5.74, 6) is -0.852. The molecule has 0 bridgehead atoms. The predicted molar refractivity (Wildman–Crippen MR) is 197 cm³/mol. The Morgan fingerprint density at radius 3 is 0.826 bits per heavy atom. The van der Waals surface area contributed by atoms with E-state index in [-0.39, 0.29) is 0 Å². The Labute approximate surface area is 285 Å². The number of rotatable bonds is 34. The molecular weight excluding hydrogens is 568 g/mol. The van der Waals surface area contributed by atoms with Crippen molar-refractivity contribution in [2.45, 2.75) is 206 Å². The molecule has 4 nitrogen and oxygen atoms in total. The van der Waals surface area contributed by atoms with Gasteiger partial charge in [0.05, 0.1) is 24.3 Å². The molecule has 0 heterocycles. The second-order valence-corrected chi connectivity index (χ2v) is 13.7. The van der Waals surface area contributed by atoms with Crippen molar-refractivity contribution in [3.05, 3.63) is 35.4 Å². The third-order valence-corrected chi connectivity index (χ3v) is 9.33. The first-order chi connectivity index (χ1) is 22.7. The van der Waals surface area contributed by atoms with Crippen LogP contribution >= 0.6 is 0 Å². The molecule has 266 valence electrons. The zero-order chi connectivity index (χ0) is 33.2. The predicted octanol–water partition coefficient (Wildman–Crippen LogP) is 13.7. The highest BCUT2D eigenvalue weighted by atomic mass is 16.5. The number of ether oxygens (including phenoxy) is 2. The second kappa shape index (κ2) is 33.1. The molecule has 0 N–H and O–H groups in total. The Morgan fingerprint density at radius 2 is 0.587 bits per heavy atom. The lowest BCUT2D eigenvalue weighted by molar-refractivity contribution is 0.0450. The summed E-state index contributed by atoms with van der Waals surface area (Å²) >= 11 is 0. The van der Waals surface area contributed by atoms with Crippen molar-refractivity contribution in [1.82, 2.24) is 0 Å². The molecule has 0 aliphatic heterocycles. The number of hydrogen-bond acceptors (Lipinski definition) is 4. The van der Waals surface area contributed by atoms with Crippen molar-refractivity contribution in [1.29, 1.82) is 0 Å². The number of hydrogen-bond donors (Lipinski definition) is 0. The zero-order valence-corrected chi connectivity index (χ0v) is 30.6. The summed E-state index contributed by atoms with van der Waals surface area (Å²) in [6.45, 7) is 5.36. The molecule has 0 radical (unpaired) electrons. The molecule has 0 atom stereocenters. The third kappa shape index (κ3) is 25.3. The van der Waals surface area contributed by atoms with Crippen LogP contribution in [0.2, 0.25) is 0 Å². The van der Waals surface area contributed by atoms with Gasteiger partial charge in [0.1, 0.15) is 0 Å². The largest absolute Gasteiger partial charge is 0.462 e. The molecule has 0 amide bonds. The average molecular weight is 643 g/mol. The summed E-state index contributed by atoms with van der Waals surface area (Å²) in [7, 11) is 0. The van der Waals surface area contributed by atoms with Crippen molar-refractivity contribution in [3.8, 4) is 0 Å². The number of carbonyl (C=O) groups excluding carboxylic acids is 2. The molecule has 1 rings (SSSR count). The average Bonchev–Trinajstić information content (AvgIpc) is 3.07. The van der Waals surface area contributed by atoms with Crippen LogP contribution in [0.1, 0.15) is 227 Å². The van der Waals surface area contributed by atoms with E-state index in [0.29, 0.717) is 24.3 Å². The standard InChI is InChI=1S/C42H74O4/c1-3-5-7-9-11-13-15-17-19-21-23-25-27-29-33-37-45-41(43)39-35-31-32-36-40(39)42(44)46-38-34-30-28-26-24-22-20-18-16-14-12-10-8-6-4-2/h31-32,35-36H,3-30,33-34,37-38H2,1-2H3. The molecule has 0 unspecified atom stereocenters. The van der Waals surface area contributed by atoms with Gasteiger partial charge in [0, 0.05) is 0 Å². The minimum atomic E-state index is -0.426. The minimum Gasteiger partial charge on any atom is -0.462 e. The number of unbranched alkanes of at least 4 members (excludes halogenated alkanes) is 28. The molecule has 4 heteroatoms. The quantitative estimate of drug-likeness (QED) is 0.0554. The number of carbonyl (C=O) groups is 2. The summed E-state index contributed by atoms with van der Waals surface area (Å²) in [6, 6.07) is 6.88. The Morgan fingerprint density at radius 1 is 0.370 bits per heavy atom.